The van der Waals surface area contributed by atoms with Gasteiger partial charge in [0.1, 0.15) is 5.75 Å². The summed E-state index contributed by atoms with van der Waals surface area (Å²) in [6, 6.07) is 14.3. The van der Waals surface area contributed by atoms with Crippen molar-refractivity contribution >= 4 is 11.6 Å². The minimum Gasteiger partial charge on any atom is -0.497 e. The number of anilines is 1. The van der Waals surface area contributed by atoms with E-state index in [0.717, 1.165) is 10.5 Å². The fourth-order valence-corrected chi connectivity index (χ4v) is 4.23. The van der Waals surface area contributed by atoms with Crippen LogP contribution in [0.1, 0.15) is 38.3 Å². The van der Waals surface area contributed by atoms with Gasteiger partial charge in [-0.2, -0.15) is 13.2 Å². The molecule has 1 aliphatic heterocycles. The summed E-state index contributed by atoms with van der Waals surface area (Å²) >= 11 is 0. The predicted molar refractivity (Wildman–Crippen MR) is 98.1 cm³/mol. The van der Waals surface area contributed by atoms with Crippen LogP contribution >= 0.6 is 0 Å². The van der Waals surface area contributed by atoms with E-state index in [1.54, 1.807) is 45.2 Å². The van der Waals surface area contributed by atoms with Gasteiger partial charge < -0.3 is 4.74 Å². The molecule has 0 unspecified atom stereocenters. The van der Waals surface area contributed by atoms with Crippen molar-refractivity contribution in [2.75, 3.05) is 12.0 Å². The Balaban J connectivity index is 2.20. The number of alkyl halides is 3. The topological polar surface area (TPSA) is 29.5 Å². The number of benzene rings is 2. The second-order valence-electron chi connectivity index (χ2n) is 7.71. The van der Waals surface area contributed by atoms with Crippen molar-refractivity contribution in [1.82, 2.24) is 0 Å². The lowest BCUT2D eigenvalue weighted by Gasteiger charge is -2.51. The van der Waals surface area contributed by atoms with Gasteiger partial charge in [0, 0.05) is 16.6 Å². The maximum Gasteiger partial charge on any atom is 0.471 e. The van der Waals surface area contributed by atoms with Crippen LogP contribution in [0.5, 0.6) is 5.75 Å². The Morgan fingerprint density at radius 1 is 1.04 bits per heavy atom. The van der Waals surface area contributed by atoms with Gasteiger partial charge in [-0.1, -0.05) is 37.3 Å². The van der Waals surface area contributed by atoms with E-state index in [9.17, 15) is 18.0 Å². The van der Waals surface area contributed by atoms with E-state index >= 15 is 0 Å². The van der Waals surface area contributed by atoms with Crippen molar-refractivity contribution in [1.29, 1.82) is 0 Å². The standard InChI is InChI=1S/C21H22F3NO2/c1-19(2)13-20(3,14-9-11-15(27-4)12-10-14)16-7-5-6-8-17(16)25(19)18(26)21(22,23)24/h5-12H,13H2,1-4H3/t20-/m0/s1. The van der Waals surface area contributed by atoms with E-state index in [4.69, 9.17) is 4.74 Å². The summed E-state index contributed by atoms with van der Waals surface area (Å²) in [6.07, 6.45) is -4.58. The van der Waals surface area contributed by atoms with E-state index < -0.39 is 23.0 Å². The third kappa shape index (κ3) is 3.17. The molecule has 1 heterocycles. The van der Waals surface area contributed by atoms with Gasteiger partial charge in [-0.05, 0) is 49.6 Å². The number of halogens is 3. The molecule has 3 rings (SSSR count). The maximum atomic E-state index is 13.3. The van der Waals surface area contributed by atoms with Gasteiger partial charge in [0.2, 0.25) is 0 Å². The Kier molecular flexibility index (Phi) is 4.49. The highest BCUT2D eigenvalue weighted by Gasteiger charge is 2.53. The Morgan fingerprint density at radius 3 is 2.19 bits per heavy atom. The molecule has 2 aromatic rings. The zero-order chi connectivity index (χ0) is 20.0. The maximum absolute atomic E-state index is 13.3. The summed E-state index contributed by atoms with van der Waals surface area (Å²) in [4.78, 5) is 13.1. The van der Waals surface area contributed by atoms with Crippen molar-refractivity contribution in [2.24, 2.45) is 0 Å². The van der Waals surface area contributed by atoms with Gasteiger partial charge in [-0.25, -0.2) is 0 Å². The molecule has 1 atom stereocenters. The van der Waals surface area contributed by atoms with Crippen LogP contribution in [0.3, 0.4) is 0 Å². The van der Waals surface area contributed by atoms with Crippen LogP contribution in [-0.2, 0) is 10.2 Å². The summed E-state index contributed by atoms with van der Waals surface area (Å²) in [5, 5.41) is 0. The van der Waals surface area contributed by atoms with E-state index in [0.29, 0.717) is 23.4 Å². The Hall–Kier alpha value is -2.50. The molecule has 27 heavy (non-hydrogen) atoms. The van der Waals surface area contributed by atoms with Crippen LogP contribution in [0.4, 0.5) is 18.9 Å². The number of amides is 1. The van der Waals surface area contributed by atoms with Crippen molar-refractivity contribution in [3.05, 3.63) is 59.7 Å². The van der Waals surface area contributed by atoms with Crippen LogP contribution in [0.15, 0.2) is 48.5 Å². The van der Waals surface area contributed by atoms with Gasteiger partial charge >= 0.3 is 12.1 Å². The number of ether oxygens (including phenoxy) is 1. The lowest BCUT2D eigenvalue weighted by atomic mass is 9.65. The van der Waals surface area contributed by atoms with Crippen molar-refractivity contribution in [2.45, 2.75) is 44.3 Å². The molecule has 0 bridgehead atoms. The number of para-hydroxylation sites is 1. The summed E-state index contributed by atoms with van der Waals surface area (Å²) in [5.74, 6) is -1.13. The fourth-order valence-electron chi connectivity index (χ4n) is 4.23. The summed E-state index contributed by atoms with van der Waals surface area (Å²) in [7, 11) is 1.58. The second kappa shape index (κ2) is 6.29. The highest BCUT2D eigenvalue weighted by atomic mass is 19.4. The second-order valence-corrected chi connectivity index (χ2v) is 7.71. The number of rotatable bonds is 2. The van der Waals surface area contributed by atoms with Crippen LogP contribution in [0, 0.1) is 0 Å². The van der Waals surface area contributed by atoms with Crippen molar-refractivity contribution in [3.8, 4) is 5.75 Å². The molecular formula is C21H22F3NO2. The van der Waals surface area contributed by atoms with Gasteiger partial charge in [0.15, 0.2) is 0 Å². The van der Waals surface area contributed by atoms with E-state index in [1.807, 2.05) is 31.2 Å². The van der Waals surface area contributed by atoms with E-state index in [-0.39, 0.29) is 0 Å². The SMILES string of the molecule is COc1ccc([C@]2(C)CC(C)(C)N(C(=O)C(F)(F)F)c3ccccc32)cc1. The molecule has 0 aliphatic carbocycles. The van der Waals surface area contributed by atoms with Crippen LogP contribution < -0.4 is 9.64 Å². The van der Waals surface area contributed by atoms with Crippen LogP contribution in [-0.4, -0.2) is 24.7 Å². The smallest absolute Gasteiger partial charge is 0.471 e. The molecule has 3 nitrogen and oxygen atoms in total. The Morgan fingerprint density at radius 2 is 1.63 bits per heavy atom. The zero-order valence-electron chi connectivity index (χ0n) is 15.7. The first kappa shape index (κ1) is 19.3. The normalized spacial score (nSPS) is 21.5. The first-order chi connectivity index (χ1) is 12.5. The minimum atomic E-state index is -4.93. The third-order valence-electron chi connectivity index (χ3n) is 5.30. The molecule has 0 radical (unpaired) electrons. The molecule has 0 saturated carbocycles. The first-order valence-electron chi connectivity index (χ1n) is 8.66. The van der Waals surface area contributed by atoms with Gasteiger partial charge in [0.25, 0.3) is 0 Å². The number of carbonyl (C=O) groups is 1. The fraction of sp³-hybridized carbons (Fsp3) is 0.381. The van der Waals surface area contributed by atoms with Crippen LogP contribution in [0.25, 0.3) is 0 Å². The monoisotopic (exact) mass is 377 g/mol. The first-order valence-corrected chi connectivity index (χ1v) is 8.66. The number of carbonyl (C=O) groups excluding carboxylic acids is 1. The minimum absolute atomic E-state index is 0.300. The highest BCUT2D eigenvalue weighted by Crippen LogP contribution is 2.51. The number of methoxy groups -OCH3 is 1. The lowest BCUT2D eigenvalue weighted by Crippen LogP contribution is -2.59. The average Bonchev–Trinajstić information content (AvgIpc) is 2.60. The third-order valence-corrected chi connectivity index (χ3v) is 5.30. The molecule has 6 heteroatoms. The summed E-state index contributed by atoms with van der Waals surface area (Å²) in [6.45, 7) is 5.35. The molecule has 0 N–H and O–H groups in total. The highest BCUT2D eigenvalue weighted by molar-refractivity contribution is 6.00. The molecule has 0 fully saturated rings. The molecule has 2 aromatic carbocycles. The molecule has 0 aromatic heterocycles. The molecular weight excluding hydrogens is 355 g/mol. The Labute approximate surface area is 156 Å². The predicted octanol–water partition coefficient (Wildman–Crippen LogP) is 5.08. The van der Waals surface area contributed by atoms with Gasteiger partial charge in [0.05, 0.1) is 7.11 Å². The largest absolute Gasteiger partial charge is 0.497 e. The molecule has 144 valence electrons. The van der Waals surface area contributed by atoms with E-state index in [2.05, 4.69) is 0 Å². The number of hydrogen-bond acceptors (Lipinski definition) is 2. The average molecular weight is 377 g/mol. The molecule has 1 aliphatic rings. The van der Waals surface area contributed by atoms with Crippen molar-refractivity contribution < 1.29 is 22.7 Å². The molecule has 0 saturated heterocycles. The molecule has 1 amide bonds. The van der Waals surface area contributed by atoms with Crippen LogP contribution in [0.2, 0.25) is 0 Å². The zero-order valence-corrected chi connectivity index (χ0v) is 15.7. The van der Waals surface area contributed by atoms with Gasteiger partial charge in [-0.3, -0.25) is 9.69 Å². The Bertz CT molecular complexity index is 858. The quantitative estimate of drug-likeness (QED) is 0.731. The number of hydrogen-bond donors (Lipinski definition) is 0. The molecule has 0 spiro atoms. The van der Waals surface area contributed by atoms with Crippen molar-refractivity contribution in [3.63, 3.8) is 0 Å². The number of nitrogens with zero attached hydrogens (tertiary/aromatic N) is 1. The van der Waals surface area contributed by atoms with Gasteiger partial charge in [-0.15, -0.1) is 0 Å². The lowest BCUT2D eigenvalue weighted by molar-refractivity contribution is -0.172. The summed E-state index contributed by atoms with van der Waals surface area (Å²) in [5.41, 5.74) is 0.397. The van der Waals surface area contributed by atoms with E-state index in [1.165, 1.54) is 0 Å². The number of fused-ring (bicyclic) bond motifs is 1. The summed E-state index contributed by atoms with van der Waals surface area (Å²) < 4.78 is 45.0.